The van der Waals surface area contributed by atoms with Crippen molar-refractivity contribution in [2.45, 2.75) is 45.1 Å². The number of aliphatic hydroxyl groups is 1. The molecule has 1 heterocycles. The topological polar surface area (TPSA) is 53.2 Å². The van der Waals surface area contributed by atoms with E-state index < -0.39 is 11.0 Å². The second kappa shape index (κ2) is 5.03. The average molecular weight is 285 g/mol. The zero-order valence-corrected chi connectivity index (χ0v) is 12.8. The number of ether oxygens (including phenoxy) is 1. The standard InChI is InChI=1S/C18H23NO2/c1-13-7-8-18(20,9-14(13)2)17(11-19)10-15-5-3-4-6-16(15)21-12-17/h3-6,13-14,20H,7-10,12H2,1-2H3. The average Bonchev–Trinajstić information content (AvgIpc) is 2.50. The highest BCUT2D eigenvalue weighted by molar-refractivity contribution is 5.39. The van der Waals surface area contributed by atoms with Gasteiger partial charge in [-0.1, -0.05) is 32.0 Å². The predicted octanol–water partition coefficient (Wildman–Crippen LogP) is 3.32. The first-order valence-electron chi connectivity index (χ1n) is 7.84. The van der Waals surface area contributed by atoms with Crippen molar-refractivity contribution in [3.05, 3.63) is 29.8 Å². The molecule has 1 N–H and O–H groups in total. The normalized spacial score (nSPS) is 39.0. The van der Waals surface area contributed by atoms with Crippen molar-refractivity contribution in [1.29, 1.82) is 5.26 Å². The molecule has 3 nitrogen and oxygen atoms in total. The third kappa shape index (κ3) is 2.22. The molecule has 2 aliphatic rings. The summed E-state index contributed by atoms with van der Waals surface area (Å²) in [6.45, 7) is 4.70. The summed E-state index contributed by atoms with van der Waals surface area (Å²) in [4.78, 5) is 0. The number of benzene rings is 1. The summed E-state index contributed by atoms with van der Waals surface area (Å²) in [6, 6.07) is 10.3. The second-order valence-electron chi connectivity index (χ2n) is 7.00. The van der Waals surface area contributed by atoms with Gasteiger partial charge in [0.05, 0.1) is 11.7 Å². The highest BCUT2D eigenvalue weighted by Crippen LogP contribution is 2.50. The van der Waals surface area contributed by atoms with Gasteiger partial charge in [-0.2, -0.15) is 5.26 Å². The highest BCUT2D eigenvalue weighted by Gasteiger charge is 2.55. The molecule has 1 aromatic rings. The number of nitriles is 1. The van der Waals surface area contributed by atoms with E-state index in [9.17, 15) is 10.4 Å². The van der Waals surface area contributed by atoms with E-state index in [0.717, 1.165) is 17.7 Å². The molecule has 1 saturated carbocycles. The molecule has 4 atom stereocenters. The molecule has 1 aromatic carbocycles. The Labute approximate surface area is 126 Å². The largest absolute Gasteiger partial charge is 0.492 e. The minimum absolute atomic E-state index is 0.290. The molecule has 1 aliphatic heterocycles. The lowest BCUT2D eigenvalue weighted by atomic mass is 9.59. The Morgan fingerprint density at radius 3 is 2.76 bits per heavy atom. The molecule has 1 fully saturated rings. The van der Waals surface area contributed by atoms with Crippen molar-refractivity contribution in [3.8, 4) is 11.8 Å². The maximum absolute atomic E-state index is 11.3. The van der Waals surface area contributed by atoms with Crippen molar-refractivity contribution in [2.75, 3.05) is 6.61 Å². The summed E-state index contributed by atoms with van der Waals surface area (Å²) in [6.07, 6.45) is 2.94. The Morgan fingerprint density at radius 1 is 1.29 bits per heavy atom. The third-order valence-corrected chi connectivity index (χ3v) is 5.69. The summed E-state index contributed by atoms with van der Waals surface area (Å²) in [5.74, 6) is 1.90. The van der Waals surface area contributed by atoms with Crippen LogP contribution in [0, 0.1) is 28.6 Å². The highest BCUT2D eigenvalue weighted by atomic mass is 16.5. The first kappa shape index (κ1) is 14.4. The zero-order valence-electron chi connectivity index (χ0n) is 12.8. The lowest BCUT2D eigenvalue weighted by molar-refractivity contribution is -0.122. The lowest BCUT2D eigenvalue weighted by Crippen LogP contribution is -2.56. The third-order valence-electron chi connectivity index (χ3n) is 5.69. The van der Waals surface area contributed by atoms with E-state index in [1.165, 1.54) is 0 Å². The molecule has 0 saturated heterocycles. The van der Waals surface area contributed by atoms with E-state index in [4.69, 9.17) is 4.74 Å². The van der Waals surface area contributed by atoms with Gasteiger partial charge in [0.2, 0.25) is 0 Å². The fourth-order valence-electron chi connectivity index (χ4n) is 3.86. The van der Waals surface area contributed by atoms with Crippen LogP contribution in [-0.4, -0.2) is 17.3 Å². The number of hydrogen-bond donors (Lipinski definition) is 1. The predicted molar refractivity (Wildman–Crippen MR) is 80.8 cm³/mol. The van der Waals surface area contributed by atoms with E-state index in [1.54, 1.807) is 0 Å². The number of nitrogens with zero attached hydrogens (tertiary/aromatic N) is 1. The van der Waals surface area contributed by atoms with E-state index >= 15 is 0 Å². The van der Waals surface area contributed by atoms with Gasteiger partial charge >= 0.3 is 0 Å². The summed E-state index contributed by atoms with van der Waals surface area (Å²) < 4.78 is 5.83. The fraction of sp³-hybridized carbons (Fsp3) is 0.611. The Morgan fingerprint density at radius 2 is 2.05 bits per heavy atom. The minimum Gasteiger partial charge on any atom is -0.492 e. The Balaban J connectivity index is 1.94. The number of fused-ring (bicyclic) bond motifs is 1. The Kier molecular flexibility index (Phi) is 3.45. The van der Waals surface area contributed by atoms with Crippen LogP contribution in [0.4, 0.5) is 0 Å². The van der Waals surface area contributed by atoms with Crippen LogP contribution in [0.3, 0.4) is 0 Å². The number of para-hydroxylation sites is 1. The molecule has 21 heavy (non-hydrogen) atoms. The Bertz CT molecular complexity index is 579. The molecule has 112 valence electrons. The van der Waals surface area contributed by atoms with E-state index in [0.29, 0.717) is 31.1 Å². The van der Waals surface area contributed by atoms with Crippen LogP contribution in [0.1, 0.15) is 38.7 Å². The fourth-order valence-corrected chi connectivity index (χ4v) is 3.86. The molecule has 3 heteroatoms. The maximum atomic E-state index is 11.3. The molecule has 0 spiro atoms. The summed E-state index contributed by atoms with van der Waals surface area (Å²) >= 11 is 0. The minimum atomic E-state index is -0.943. The maximum Gasteiger partial charge on any atom is 0.124 e. The zero-order chi connectivity index (χ0) is 15.1. The van der Waals surface area contributed by atoms with Crippen LogP contribution >= 0.6 is 0 Å². The van der Waals surface area contributed by atoms with Crippen LogP contribution < -0.4 is 4.74 Å². The van der Waals surface area contributed by atoms with Crippen molar-refractivity contribution in [3.63, 3.8) is 0 Å². The van der Waals surface area contributed by atoms with Gasteiger partial charge < -0.3 is 9.84 Å². The van der Waals surface area contributed by atoms with Crippen LogP contribution in [-0.2, 0) is 6.42 Å². The van der Waals surface area contributed by atoms with Gasteiger partial charge in [0.1, 0.15) is 17.8 Å². The molecule has 1 aliphatic carbocycles. The molecule has 4 unspecified atom stereocenters. The number of hydrogen-bond acceptors (Lipinski definition) is 3. The van der Waals surface area contributed by atoms with Crippen molar-refractivity contribution >= 4 is 0 Å². The van der Waals surface area contributed by atoms with Crippen LogP contribution in [0.25, 0.3) is 0 Å². The molecule has 0 aromatic heterocycles. The van der Waals surface area contributed by atoms with E-state index in [-0.39, 0.29) is 6.61 Å². The molecule has 0 bridgehead atoms. The van der Waals surface area contributed by atoms with Crippen molar-refractivity contribution in [1.82, 2.24) is 0 Å². The van der Waals surface area contributed by atoms with Crippen LogP contribution in [0.5, 0.6) is 5.75 Å². The monoisotopic (exact) mass is 285 g/mol. The number of rotatable bonds is 1. The SMILES string of the molecule is CC1CCC(O)(C2(C#N)COc3ccccc3C2)CC1C. The quantitative estimate of drug-likeness (QED) is 0.861. The molecule has 3 rings (SSSR count). The Hall–Kier alpha value is -1.53. The smallest absolute Gasteiger partial charge is 0.124 e. The second-order valence-corrected chi connectivity index (χ2v) is 7.00. The van der Waals surface area contributed by atoms with Crippen molar-refractivity contribution < 1.29 is 9.84 Å². The first-order chi connectivity index (χ1) is 10.00. The summed E-state index contributed by atoms with van der Waals surface area (Å²) in [7, 11) is 0. The van der Waals surface area contributed by atoms with Crippen LogP contribution in [0.15, 0.2) is 24.3 Å². The van der Waals surface area contributed by atoms with Gasteiger partial charge in [0, 0.05) is 6.42 Å². The van der Waals surface area contributed by atoms with Gasteiger partial charge in [-0.25, -0.2) is 0 Å². The van der Waals surface area contributed by atoms with Crippen LogP contribution in [0.2, 0.25) is 0 Å². The van der Waals surface area contributed by atoms with Gasteiger partial charge in [0.15, 0.2) is 0 Å². The van der Waals surface area contributed by atoms with Crippen molar-refractivity contribution in [2.24, 2.45) is 17.3 Å². The van der Waals surface area contributed by atoms with Gasteiger partial charge in [-0.3, -0.25) is 0 Å². The van der Waals surface area contributed by atoms with E-state index in [2.05, 4.69) is 19.9 Å². The molecule has 0 radical (unpaired) electrons. The molecular weight excluding hydrogens is 262 g/mol. The summed E-state index contributed by atoms with van der Waals surface area (Å²) in [5.41, 5.74) is -0.734. The first-order valence-corrected chi connectivity index (χ1v) is 7.84. The molecular formula is C18H23NO2. The van der Waals surface area contributed by atoms with Gasteiger partial charge in [-0.15, -0.1) is 0 Å². The van der Waals surface area contributed by atoms with E-state index in [1.807, 2.05) is 24.3 Å². The molecule has 0 amide bonds. The lowest BCUT2D eigenvalue weighted by Gasteiger charge is -2.49. The summed E-state index contributed by atoms with van der Waals surface area (Å²) in [5, 5.41) is 21.1. The van der Waals surface area contributed by atoms with Gasteiger partial charge in [-0.05, 0) is 42.7 Å². The van der Waals surface area contributed by atoms with Gasteiger partial charge in [0.25, 0.3) is 0 Å².